The lowest BCUT2D eigenvalue weighted by molar-refractivity contribution is -0.138. The standard InChI is InChI=1S/C25H21NO4S/c1-3-30-25(28)22-23(27)21(31-24(22)26-17-9-5-4-6-10-17)15-16-13-14-20(29-2)19-12-8-7-11-18(16)19/h4-15,27H,3H2,1-2H3/b21-15-,26-24?. The zero-order valence-corrected chi connectivity index (χ0v) is 18.0. The van der Waals surface area contributed by atoms with E-state index in [0.717, 1.165) is 22.1 Å². The van der Waals surface area contributed by atoms with Gasteiger partial charge in [0.25, 0.3) is 0 Å². The number of nitrogens with zero attached hydrogens (tertiary/aromatic N) is 1. The molecule has 156 valence electrons. The first kappa shape index (κ1) is 20.8. The van der Waals surface area contributed by atoms with Gasteiger partial charge in [-0.2, -0.15) is 0 Å². The summed E-state index contributed by atoms with van der Waals surface area (Å²) in [4.78, 5) is 17.7. The van der Waals surface area contributed by atoms with Gasteiger partial charge in [-0.1, -0.05) is 60.3 Å². The van der Waals surface area contributed by atoms with Crippen LogP contribution in [0.25, 0.3) is 16.8 Å². The van der Waals surface area contributed by atoms with Gasteiger partial charge >= 0.3 is 5.97 Å². The van der Waals surface area contributed by atoms with E-state index < -0.39 is 5.97 Å². The molecule has 4 rings (SSSR count). The summed E-state index contributed by atoms with van der Waals surface area (Å²) in [5, 5.41) is 13.3. The molecule has 3 aromatic carbocycles. The average molecular weight is 432 g/mol. The molecule has 0 radical (unpaired) electrons. The van der Waals surface area contributed by atoms with Gasteiger partial charge in [0, 0.05) is 5.39 Å². The molecule has 1 aliphatic rings. The number of thioether (sulfide) groups is 1. The van der Waals surface area contributed by atoms with Crippen molar-refractivity contribution in [2.24, 2.45) is 4.99 Å². The molecule has 0 saturated heterocycles. The molecule has 31 heavy (non-hydrogen) atoms. The Labute approximate surface area is 184 Å². The summed E-state index contributed by atoms with van der Waals surface area (Å²) in [6.45, 7) is 1.94. The molecular weight excluding hydrogens is 410 g/mol. The number of aliphatic hydroxyl groups excluding tert-OH is 1. The Hall–Kier alpha value is -3.51. The second-order valence-electron chi connectivity index (χ2n) is 6.71. The topological polar surface area (TPSA) is 68.1 Å². The molecule has 0 aromatic heterocycles. The van der Waals surface area contributed by atoms with Crippen molar-refractivity contribution in [2.45, 2.75) is 6.92 Å². The van der Waals surface area contributed by atoms with Crippen LogP contribution in [-0.2, 0) is 9.53 Å². The Morgan fingerprint density at radius 2 is 1.74 bits per heavy atom. The highest BCUT2D eigenvalue weighted by atomic mass is 32.2. The molecule has 3 aromatic rings. The fraction of sp³-hybridized carbons (Fsp3) is 0.120. The molecular formula is C25H21NO4S. The number of methoxy groups -OCH3 is 1. The van der Waals surface area contributed by atoms with E-state index in [1.165, 1.54) is 11.8 Å². The van der Waals surface area contributed by atoms with Gasteiger partial charge in [-0.15, -0.1) is 0 Å². The monoisotopic (exact) mass is 431 g/mol. The Morgan fingerprint density at radius 1 is 1.03 bits per heavy atom. The number of fused-ring (bicyclic) bond motifs is 1. The average Bonchev–Trinajstić information content (AvgIpc) is 3.09. The number of rotatable bonds is 5. The number of esters is 1. The molecule has 0 spiro atoms. The highest BCUT2D eigenvalue weighted by molar-refractivity contribution is 8.18. The molecule has 0 saturated carbocycles. The SMILES string of the molecule is CCOC(=O)C1=C(O)/C(=C/c2ccc(OC)c3ccccc23)SC1=Nc1ccccc1. The van der Waals surface area contributed by atoms with E-state index in [0.29, 0.717) is 15.6 Å². The second kappa shape index (κ2) is 9.10. The minimum Gasteiger partial charge on any atom is -0.506 e. The molecule has 0 atom stereocenters. The summed E-state index contributed by atoms with van der Waals surface area (Å²) >= 11 is 1.24. The van der Waals surface area contributed by atoms with Gasteiger partial charge in [0.15, 0.2) is 0 Å². The number of para-hydroxylation sites is 1. The largest absolute Gasteiger partial charge is 0.506 e. The third-order valence-corrected chi connectivity index (χ3v) is 5.80. The summed E-state index contributed by atoms with van der Waals surface area (Å²) in [6.07, 6.45) is 1.86. The number of aliphatic hydroxyl groups is 1. The molecule has 1 aliphatic heterocycles. The molecule has 6 heteroatoms. The Bertz CT molecular complexity index is 1230. The summed E-state index contributed by atoms with van der Waals surface area (Å²) in [5.74, 6) is 0.0540. The Balaban J connectivity index is 1.82. The number of carbonyl (C=O) groups is 1. The lowest BCUT2D eigenvalue weighted by Gasteiger charge is -2.08. The predicted molar refractivity (Wildman–Crippen MR) is 126 cm³/mol. The van der Waals surface area contributed by atoms with E-state index in [1.807, 2.05) is 72.8 Å². The van der Waals surface area contributed by atoms with Crippen LogP contribution in [0.1, 0.15) is 12.5 Å². The van der Waals surface area contributed by atoms with Gasteiger partial charge < -0.3 is 14.6 Å². The molecule has 1 heterocycles. The second-order valence-corrected chi connectivity index (χ2v) is 7.74. The maximum absolute atomic E-state index is 12.6. The van der Waals surface area contributed by atoms with Crippen molar-refractivity contribution in [1.29, 1.82) is 0 Å². The van der Waals surface area contributed by atoms with Crippen molar-refractivity contribution < 1.29 is 19.4 Å². The molecule has 0 aliphatic carbocycles. The predicted octanol–water partition coefficient (Wildman–Crippen LogP) is 6.04. The van der Waals surface area contributed by atoms with Crippen LogP contribution >= 0.6 is 11.8 Å². The van der Waals surface area contributed by atoms with Crippen molar-refractivity contribution in [3.8, 4) is 5.75 Å². The summed E-state index contributed by atoms with van der Waals surface area (Å²) in [7, 11) is 1.64. The van der Waals surface area contributed by atoms with E-state index in [4.69, 9.17) is 9.47 Å². The lowest BCUT2D eigenvalue weighted by Crippen LogP contribution is -2.12. The summed E-state index contributed by atoms with van der Waals surface area (Å²) in [5.41, 5.74) is 1.67. The Morgan fingerprint density at radius 3 is 2.45 bits per heavy atom. The van der Waals surface area contributed by atoms with E-state index >= 15 is 0 Å². The van der Waals surface area contributed by atoms with Crippen LogP contribution in [-0.4, -0.2) is 29.8 Å². The fourth-order valence-electron chi connectivity index (χ4n) is 3.35. The molecule has 0 bridgehead atoms. The zero-order chi connectivity index (χ0) is 21.8. The first-order valence-electron chi connectivity index (χ1n) is 9.82. The third kappa shape index (κ3) is 4.20. The van der Waals surface area contributed by atoms with Crippen molar-refractivity contribution in [2.75, 3.05) is 13.7 Å². The van der Waals surface area contributed by atoms with Crippen LogP contribution in [0.4, 0.5) is 5.69 Å². The number of hydrogen-bond acceptors (Lipinski definition) is 6. The van der Waals surface area contributed by atoms with Crippen LogP contribution in [0.2, 0.25) is 0 Å². The van der Waals surface area contributed by atoms with Crippen molar-refractivity contribution in [3.05, 3.63) is 88.5 Å². The highest BCUT2D eigenvalue weighted by Gasteiger charge is 2.33. The van der Waals surface area contributed by atoms with Gasteiger partial charge in [0.05, 0.1) is 24.3 Å². The normalized spacial score (nSPS) is 16.3. The van der Waals surface area contributed by atoms with Crippen LogP contribution in [0.5, 0.6) is 5.75 Å². The quantitative estimate of drug-likeness (QED) is 0.499. The zero-order valence-electron chi connectivity index (χ0n) is 17.2. The van der Waals surface area contributed by atoms with E-state index in [1.54, 1.807) is 14.0 Å². The number of ether oxygens (including phenoxy) is 2. The minimum atomic E-state index is -0.592. The number of aliphatic imine (C=N–C) groups is 1. The fourth-order valence-corrected chi connectivity index (χ4v) is 4.38. The third-order valence-electron chi connectivity index (χ3n) is 4.78. The van der Waals surface area contributed by atoms with Crippen LogP contribution in [0, 0.1) is 0 Å². The first-order valence-corrected chi connectivity index (χ1v) is 10.6. The van der Waals surface area contributed by atoms with Gasteiger partial charge in [-0.25, -0.2) is 9.79 Å². The first-order chi connectivity index (χ1) is 15.1. The molecule has 5 nitrogen and oxygen atoms in total. The van der Waals surface area contributed by atoms with Crippen molar-refractivity contribution in [3.63, 3.8) is 0 Å². The van der Waals surface area contributed by atoms with Gasteiger partial charge in [0.1, 0.15) is 22.1 Å². The smallest absolute Gasteiger partial charge is 0.344 e. The van der Waals surface area contributed by atoms with Gasteiger partial charge in [-0.05, 0) is 42.1 Å². The number of carbonyl (C=O) groups excluding carboxylic acids is 1. The molecule has 1 N–H and O–H groups in total. The highest BCUT2D eigenvalue weighted by Crippen LogP contribution is 2.41. The number of benzene rings is 3. The Kier molecular flexibility index (Phi) is 6.09. The summed E-state index contributed by atoms with van der Waals surface area (Å²) in [6, 6.07) is 21.0. The van der Waals surface area contributed by atoms with Gasteiger partial charge in [-0.3, -0.25) is 0 Å². The minimum absolute atomic E-state index is 0.0831. The van der Waals surface area contributed by atoms with E-state index in [9.17, 15) is 9.90 Å². The van der Waals surface area contributed by atoms with Crippen LogP contribution in [0.15, 0.2) is 88.0 Å². The van der Waals surface area contributed by atoms with Crippen LogP contribution < -0.4 is 4.74 Å². The summed E-state index contributed by atoms with van der Waals surface area (Å²) < 4.78 is 10.6. The maximum atomic E-state index is 12.6. The van der Waals surface area contributed by atoms with Crippen molar-refractivity contribution >= 4 is 45.3 Å². The van der Waals surface area contributed by atoms with Gasteiger partial charge in [0.2, 0.25) is 0 Å². The van der Waals surface area contributed by atoms with Crippen LogP contribution in [0.3, 0.4) is 0 Å². The number of hydrogen-bond donors (Lipinski definition) is 1. The molecule has 0 unspecified atom stereocenters. The molecule has 0 fully saturated rings. The van der Waals surface area contributed by atoms with E-state index in [-0.39, 0.29) is 17.9 Å². The molecule has 0 amide bonds. The lowest BCUT2D eigenvalue weighted by atomic mass is 10.0. The van der Waals surface area contributed by atoms with E-state index in [2.05, 4.69) is 4.99 Å². The van der Waals surface area contributed by atoms with Crippen molar-refractivity contribution in [1.82, 2.24) is 0 Å². The maximum Gasteiger partial charge on any atom is 0.344 e.